The van der Waals surface area contributed by atoms with E-state index in [1.165, 1.54) is 0 Å². The van der Waals surface area contributed by atoms with E-state index in [-0.39, 0.29) is 24.0 Å². The molecule has 31 heavy (non-hydrogen) atoms. The van der Waals surface area contributed by atoms with Gasteiger partial charge in [0.05, 0.1) is 17.1 Å². The molecule has 2 aliphatic heterocycles. The zero-order chi connectivity index (χ0) is 21.8. The van der Waals surface area contributed by atoms with Crippen molar-refractivity contribution in [3.8, 4) is 17.0 Å². The van der Waals surface area contributed by atoms with Gasteiger partial charge in [-0.1, -0.05) is 12.1 Å². The van der Waals surface area contributed by atoms with Crippen molar-refractivity contribution in [1.29, 1.82) is 0 Å². The molecule has 0 aliphatic carbocycles. The van der Waals surface area contributed by atoms with Crippen molar-refractivity contribution < 1.29 is 17.9 Å². The standard InChI is InChI=1S/C22H20N4O4S/c1-13-7-8-23-14(2)17(13)11-26-21(27)12-30-19-6-5-18(25-22(19)26)15-3-4-16-10-24-31(28,29)20(16)9-15/h3-9,24H,10-12H2,1-2H3. The molecule has 2 aromatic heterocycles. The van der Waals surface area contributed by atoms with Gasteiger partial charge in [-0.2, -0.15) is 0 Å². The van der Waals surface area contributed by atoms with E-state index in [2.05, 4.69) is 14.7 Å². The van der Waals surface area contributed by atoms with Gasteiger partial charge in [0.2, 0.25) is 10.0 Å². The maximum Gasteiger partial charge on any atom is 0.266 e. The second-order valence-corrected chi connectivity index (χ2v) is 9.36. The van der Waals surface area contributed by atoms with Gasteiger partial charge in [-0.15, -0.1) is 0 Å². The van der Waals surface area contributed by atoms with Gasteiger partial charge in [-0.05, 0) is 54.8 Å². The molecule has 1 amide bonds. The molecule has 3 aromatic rings. The van der Waals surface area contributed by atoms with Crippen LogP contribution in [0.4, 0.5) is 5.82 Å². The van der Waals surface area contributed by atoms with E-state index in [4.69, 9.17) is 4.74 Å². The number of carbonyl (C=O) groups excluding carboxylic acids is 1. The summed E-state index contributed by atoms with van der Waals surface area (Å²) < 4.78 is 32.5. The summed E-state index contributed by atoms with van der Waals surface area (Å²) in [6.07, 6.45) is 1.75. The number of anilines is 1. The minimum Gasteiger partial charge on any atom is -0.480 e. The van der Waals surface area contributed by atoms with Crippen molar-refractivity contribution >= 4 is 21.7 Å². The number of sulfonamides is 1. The van der Waals surface area contributed by atoms with Gasteiger partial charge in [0.25, 0.3) is 5.91 Å². The van der Waals surface area contributed by atoms with Gasteiger partial charge in [-0.3, -0.25) is 14.7 Å². The SMILES string of the molecule is Cc1ccnc(C)c1CN1C(=O)COc2ccc(-c3ccc4c(c3)S(=O)(=O)NC4)nc21. The Labute approximate surface area is 180 Å². The zero-order valence-electron chi connectivity index (χ0n) is 17.0. The molecular formula is C22H20N4O4S. The van der Waals surface area contributed by atoms with Gasteiger partial charge >= 0.3 is 0 Å². The number of nitrogens with zero attached hydrogens (tertiary/aromatic N) is 3. The lowest BCUT2D eigenvalue weighted by molar-refractivity contribution is -0.121. The van der Waals surface area contributed by atoms with Crippen LogP contribution in [-0.2, 0) is 27.9 Å². The Morgan fingerprint density at radius 2 is 2.00 bits per heavy atom. The molecule has 0 saturated carbocycles. The zero-order valence-corrected chi connectivity index (χ0v) is 17.9. The van der Waals surface area contributed by atoms with Crippen LogP contribution in [0.15, 0.2) is 47.5 Å². The highest BCUT2D eigenvalue weighted by molar-refractivity contribution is 7.89. The van der Waals surface area contributed by atoms with E-state index in [1.807, 2.05) is 26.0 Å². The van der Waals surface area contributed by atoms with Crippen molar-refractivity contribution in [1.82, 2.24) is 14.7 Å². The van der Waals surface area contributed by atoms with E-state index >= 15 is 0 Å². The first-order valence-electron chi connectivity index (χ1n) is 9.82. The number of carbonyl (C=O) groups is 1. The van der Waals surface area contributed by atoms with Gasteiger partial charge in [0.1, 0.15) is 0 Å². The second kappa shape index (κ2) is 7.14. The normalized spacial score (nSPS) is 16.6. The predicted octanol–water partition coefficient (Wildman–Crippen LogP) is 2.48. The van der Waals surface area contributed by atoms with Crippen LogP contribution in [0.25, 0.3) is 11.3 Å². The average molecular weight is 436 g/mol. The molecule has 8 nitrogen and oxygen atoms in total. The fourth-order valence-electron chi connectivity index (χ4n) is 3.88. The third-order valence-electron chi connectivity index (χ3n) is 5.67. The highest BCUT2D eigenvalue weighted by Crippen LogP contribution is 2.35. The molecule has 2 aliphatic rings. The molecule has 0 saturated heterocycles. The summed E-state index contributed by atoms with van der Waals surface area (Å²) in [5.41, 5.74) is 4.80. The van der Waals surface area contributed by atoms with Crippen LogP contribution < -0.4 is 14.4 Å². The van der Waals surface area contributed by atoms with Crippen molar-refractivity contribution in [2.45, 2.75) is 31.8 Å². The van der Waals surface area contributed by atoms with Crippen LogP contribution in [0, 0.1) is 13.8 Å². The van der Waals surface area contributed by atoms with E-state index in [0.717, 1.165) is 22.4 Å². The first-order chi connectivity index (χ1) is 14.8. The molecule has 158 valence electrons. The molecule has 1 N–H and O–H groups in total. The third-order valence-corrected chi connectivity index (χ3v) is 7.16. The van der Waals surface area contributed by atoms with Crippen LogP contribution >= 0.6 is 0 Å². The summed E-state index contributed by atoms with van der Waals surface area (Å²) in [7, 11) is -3.50. The van der Waals surface area contributed by atoms with Crippen molar-refractivity contribution in [3.63, 3.8) is 0 Å². The summed E-state index contributed by atoms with van der Waals surface area (Å²) in [4.78, 5) is 23.6. The number of hydrogen-bond donors (Lipinski definition) is 1. The Morgan fingerprint density at radius 3 is 2.81 bits per heavy atom. The summed E-state index contributed by atoms with van der Waals surface area (Å²) in [5, 5.41) is 0. The Balaban J connectivity index is 1.57. The smallest absolute Gasteiger partial charge is 0.266 e. The highest BCUT2D eigenvalue weighted by Gasteiger charge is 2.30. The highest BCUT2D eigenvalue weighted by atomic mass is 32.2. The molecule has 4 heterocycles. The maximum absolute atomic E-state index is 12.7. The second-order valence-electron chi connectivity index (χ2n) is 7.63. The topological polar surface area (TPSA) is 101 Å². The Morgan fingerprint density at radius 1 is 1.16 bits per heavy atom. The van der Waals surface area contributed by atoms with E-state index in [9.17, 15) is 13.2 Å². The summed E-state index contributed by atoms with van der Waals surface area (Å²) in [6, 6.07) is 10.7. The molecule has 0 atom stereocenters. The number of benzene rings is 1. The monoisotopic (exact) mass is 436 g/mol. The molecule has 9 heteroatoms. The van der Waals surface area contributed by atoms with Crippen molar-refractivity contribution in [3.05, 3.63) is 65.0 Å². The van der Waals surface area contributed by atoms with Gasteiger partial charge in [-0.25, -0.2) is 18.1 Å². The number of rotatable bonds is 3. The molecule has 0 unspecified atom stereocenters. The van der Waals surface area contributed by atoms with Gasteiger partial charge in [0, 0.05) is 24.0 Å². The number of ether oxygens (including phenoxy) is 1. The van der Waals surface area contributed by atoms with Crippen LogP contribution in [-0.4, -0.2) is 30.9 Å². The van der Waals surface area contributed by atoms with Crippen molar-refractivity contribution in [2.75, 3.05) is 11.5 Å². The third kappa shape index (κ3) is 3.35. The molecule has 0 spiro atoms. The van der Waals surface area contributed by atoms with Gasteiger partial charge in [0.15, 0.2) is 18.2 Å². The quantitative estimate of drug-likeness (QED) is 0.677. The number of nitrogens with one attached hydrogen (secondary N) is 1. The maximum atomic E-state index is 12.7. The van der Waals surface area contributed by atoms with Crippen LogP contribution in [0.2, 0.25) is 0 Å². The minimum atomic E-state index is -3.50. The molecule has 5 rings (SSSR count). The molecule has 1 aromatic carbocycles. The summed E-state index contributed by atoms with van der Waals surface area (Å²) in [5.74, 6) is 0.733. The van der Waals surface area contributed by atoms with Crippen molar-refractivity contribution in [2.24, 2.45) is 0 Å². The fourth-order valence-corrected chi connectivity index (χ4v) is 5.15. The number of aryl methyl sites for hydroxylation is 2. The van der Waals surface area contributed by atoms with E-state index in [1.54, 1.807) is 35.4 Å². The minimum absolute atomic E-state index is 0.0604. The van der Waals surface area contributed by atoms with E-state index < -0.39 is 10.0 Å². The molecule has 0 fully saturated rings. The first kappa shape index (κ1) is 19.7. The summed E-state index contributed by atoms with van der Waals surface area (Å²) in [6.45, 7) is 4.46. The largest absolute Gasteiger partial charge is 0.480 e. The van der Waals surface area contributed by atoms with Crippen LogP contribution in [0.1, 0.15) is 22.4 Å². The number of hydrogen-bond acceptors (Lipinski definition) is 6. The molecule has 0 radical (unpaired) electrons. The summed E-state index contributed by atoms with van der Waals surface area (Å²) >= 11 is 0. The Bertz CT molecular complexity index is 1320. The van der Waals surface area contributed by atoms with E-state index in [0.29, 0.717) is 29.4 Å². The predicted molar refractivity (Wildman–Crippen MR) is 114 cm³/mol. The lowest BCUT2D eigenvalue weighted by Gasteiger charge is -2.29. The lowest BCUT2D eigenvalue weighted by atomic mass is 10.1. The number of fused-ring (bicyclic) bond motifs is 2. The Kier molecular flexibility index (Phi) is 4.53. The number of amides is 1. The number of pyridine rings is 2. The van der Waals surface area contributed by atoms with Gasteiger partial charge < -0.3 is 4.74 Å². The average Bonchev–Trinajstić information content (AvgIpc) is 3.06. The number of aromatic nitrogens is 2. The first-order valence-corrected chi connectivity index (χ1v) is 11.3. The fraction of sp³-hybridized carbons (Fsp3) is 0.227. The molecule has 0 bridgehead atoms. The molecular weight excluding hydrogens is 416 g/mol. The lowest BCUT2D eigenvalue weighted by Crippen LogP contribution is -2.39. The van der Waals surface area contributed by atoms with Crippen LogP contribution in [0.5, 0.6) is 5.75 Å². The van der Waals surface area contributed by atoms with Crippen LogP contribution in [0.3, 0.4) is 0 Å². The Hall–Kier alpha value is -3.30.